The van der Waals surface area contributed by atoms with Gasteiger partial charge in [-0.2, -0.15) is 18.9 Å². The minimum atomic E-state index is -3.81. The van der Waals surface area contributed by atoms with E-state index in [1.165, 1.54) is 22.8 Å². The number of benzene rings is 2. The molecular formula is C24H24Cl2N6O3S. The predicted molar refractivity (Wildman–Crippen MR) is 140 cm³/mol. The highest BCUT2D eigenvalue weighted by Crippen LogP contribution is 2.34. The van der Waals surface area contributed by atoms with Crippen LogP contribution in [0.3, 0.4) is 0 Å². The van der Waals surface area contributed by atoms with Gasteiger partial charge in [0.25, 0.3) is 5.78 Å². The van der Waals surface area contributed by atoms with Crippen molar-refractivity contribution in [3.8, 4) is 16.9 Å². The second-order valence-corrected chi connectivity index (χ2v) is 11.2. The Labute approximate surface area is 219 Å². The fourth-order valence-corrected chi connectivity index (χ4v) is 6.64. The van der Waals surface area contributed by atoms with Crippen molar-refractivity contribution in [1.82, 2.24) is 23.9 Å². The highest BCUT2D eigenvalue weighted by atomic mass is 35.5. The Morgan fingerprint density at radius 2 is 1.75 bits per heavy atom. The number of aromatic nitrogens is 4. The van der Waals surface area contributed by atoms with E-state index < -0.39 is 10.0 Å². The summed E-state index contributed by atoms with van der Waals surface area (Å²) in [5.74, 6) is 2.03. The minimum absolute atomic E-state index is 0.0704. The lowest BCUT2D eigenvalue weighted by molar-refractivity contribution is 0.415. The van der Waals surface area contributed by atoms with Gasteiger partial charge < -0.3 is 9.64 Å². The molecule has 0 aliphatic carbocycles. The van der Waals surface area contributed by atoms with Crippen molar-refractivity contribution >= 4 is 44.8 Å². The summed E-state index contributed by atoms with van der Waals surface area (Å²) >= 11 is 12.4. The molecule has 5 rings (SSSR count). The van der Waals surface area contributed by atoms with Crippen molar-refractivity contribution in [3.63, 3.8) is 0 Å². The number of aryl methyl sites for hydroxylation is 1. The number of ether oxygens (including phenoxy) is 1. The van der Waals surface area contributed by atoms with Crippen molar-refractivity contribution in [3.05, 3.63) is 64.5 Å². The van der Waals surface area contributed by atoms with Crippen molar-refractivity contribution in [2.24, 2.45) is 0 Å². The number of hydrogen-bond acceptors (Lipinski definition) is 7. The summed E-state index contributed by atoms with van der Waals surface area (Å²) in [7, 11) is -2.18. The predicted octanol–water partition coefficient (Wildman–Crippen LogP) is 4.32. The Morgan fingerprint density at radius 1 is 0.972 bits per heavy atom. The van der Waals surface area contributed by atoms with E-state index in [0.717, 1.165) is 22.7 Å². The molecule has 0 spiro atoms. The van der Waals surface area contributed by atoms with Gasteiger partial charge in [0.05, 0.1) is 12.1 Å². The number of rotatable bonds is 5. The average Bonchev–Trinajstić information content (AvgIpc) is 3.21. The molecule has 2 aromatic carbocycles. The van der Waals surface area contributed by atoms with E-state index >= 15 is 0 Å². The first-order valence-electron chi connectivity index (χ1n) is 11.3. The third kappa shape index (κ3) is 4.50. The van der Waals surface area contributed by atoms with Crippen molar-refractivity contribution < 1.29 is 13.2 Å². The first-order valence-corrected chi connectivity index (χ1v) is 13.5. The zero-order valence-electron chi connectivity index (χ0n) is 19.7. The van der Waals surface area contributed by atoms with Crippen LogP contribution in [-0.4, -0.2) is 65.6 Å². The van der Waals surface area contributed by atoms with Crippen LogP contribution in [0.5, 0.6) is 5.75 Å². The van der Waals surface area contributed by atoms with Gasteiger partial charge >= 0.3 is 0 Å². The van der Waals surface area contributed by atoms with Crippen LogP contribution < -0.4 is 9.64 Å². The van der Waals surface area contributed by atoms with E-state index in [1.54, 1.807) is 24.7 Å². The summed E-state index contributed by atoms with van der Waals surface area (Å²) in [6.07, 6.45) is 3.85. The second kappa shape index (κ2) is 9.85. The SMILES string of the molecule is COc1ccc(-c2cnc3ncnn3c2N2CCCN(S(=O)(=O)c3cc(C)c(Cl)cc3Cl)CC2)cc1. The Morgan fingerprint density at radius 3 is 2.50 bits per heavy atom. The maximum Gasteiger partial charge on any atom is 0.254 e. The fourth-order valence-electron chi connectivity index (χ4n) is 4.36. The number of fused-ring (bicyclic) bond motifs is 1. The molecule has 0 bridgehead atoms. The Kier molecular flexibility index (Phi) is 6.78. The van der Waals surface area contributed by atoms with Crippen LogP contribution in [0.1, 0.15) is 12.0 Å². The molecule has 0 amide bonds. The lowest BCUT2D eigenvalue weighted by Gasteiger charge is -2.26. The van der Waals surface area contributed by atoms with E-state index in [0.29, 0.717) is 42.4 Å². The smallest absolute Gasteiger partial charge is 0.254 e. The number of nitrogens with zero attached hydrogens (tertiary/aromatic N) is 6. The van der Waals surface area contributed by atoms with Gasteiger partial charge in [-0.3, -0.25) is 0 Å². The van der Waals surface area contributed by atoms with Crippen LogP contribution in [0.15, 0.2) is 53.8 Å². The summed E-state index contributed by atoms with van der Waals surface area (Å²) in [6, 6.07) is 10.7. The zero-order valence-corrected chi connectivity index (χ0v) is 22.1. The second-order valence-electron chi connectivity index (χ2n) is 8.47. The normalized spacial score (nSPS) is 15.3. The molecule has 36 heavy (non-hydrogen) atoms. The highest BCUT2D eigenvalue weighted by Gasteiger charge is 2.30. The maximum atomic E-state index is 13.5. The van der Waals surface area contributed by atoms with E-state index in [4.69, 9.17) is 27.9 Å². The van der Waals surface area contributed by atoms with Gasteiger partial charge in [-0.05, 0) is 48.7 Å². The van der Waals surface area contributed by atoms with Gasteiger partial charge in [0.15, 0.2) is 0 Å². The number of sulfonamides is 1. The van der Waals surface area contributed by atoms with Crippen LogP contribution in [0.2, 0.25) is 10.0 Å². The fraction of sp³-hybridized carbons (Fsp3) is 0.292. The van der Waals surface area contributed by atoms with Crippen molar-refractivity contribution in [2.75, 3.05) is 38.2 Å². The van der Waals surface area contributed by atoms with Crippen LogP contribution in [-0.2, 0) is 10.0 Å². The molecule has 9 nitrogen and oxygen atoms in total. The van der Waals surface area contributed by atoms with Crippen molar-refractivity contribution in [2.45, 2.75) is 18.2 Å². The van der Waals surface area contributed by atoms with E-state index in [9.17, 15) is 8.42 Å². The molecule has 0 atom stereocenters. The van der Waals surface area contributed by atoms with E-state index in [1.807, 2.05) is 24.3 Å². The molecule has 188 valence electrons. The molecule has 4 aromatic rings. The number of methoxy groups -OCH3 is 1. The number of halogens is 2. The third-order valence-electron chi connectivity index (χ3n) is 6.27. The molecule has 1 fully saturated rings. The highest BCUT2D eigenvalue weighted by molar-refractivity contribution is 7.89. The quantitative estimate of drug-likeness (QED) is 0.368. The van der Waals surface area contributed by atoms with Crippen LogP contribution in [0.25, 0.3) is 16.9 Å². The number of anilines is 1. The molecule has 1 aliphatic heterocycles. The molecular weight excluding hydrogens is 523 g/mol. The summed E-state index contributed by atoms with van der Waals surface area (Å²) in [5, 5.41) is 4.95. The van der Waals surface area contributed by atoms with Gasteiger partial charge in [0.1, 0.15) is 22.8 Å². The summed E-state index contributed by atoms with van der Waals surface area (Å²) in [5.41, 5.74) is 2.46. The molecule has 0 radical (unpaired) electrons. The molecule has 3 heterocycles. The first kappa shape index (κ1) is 24.8. The molecule has 12 heteroatoms. The van der Waals surface area contributed by atoms with Crippen molar-refractivity contribution in [1.29, 1.82) is 0 Å². The molecule has 1 saturated heterocycles. The Hall–Kier alpha value is -2.92. The van der Waals surface area contributed by atoms with Gasteiger partial charge in [0.2, 0.25) is 10.0 Å². The Bertz CT molecular complexity index is 1530. The van der Waals surface area contributed by atoms with Crippen LogP contribution in [0, 0.1) is 6.92 Å². The summed E-state index contributed by atoms with van der Waals surface area (Å²) in [4.78, 5) is 10.9. The topological polar surface area (TPSA) is 92.9 Å². The average molecular weight is 547 g/mol. The van der Waals surface area contributed by atoms with Gasteiger partial charge in [-0.25, -0.2) is 13.4 Å². The monoisotopic (exact) mass is 546 g/mol. The molecule has 0 saturated carbocycles. The van der Waals surface area contributed by atoms with Crippen LogP contribution in [0.4, 0.5) is 5.82 Å². The molecule has 0 N–H and O–H groups in total. The number of hydrogen-bond donors (Lipinski definition) is 0. The first-order chi connectivity index (χ1) is 17.3. The Balaban J connectivity index is 1.49. The summed E-state index contributed by atoms with van der Waals surface area (Å²) in [6.45, 7) is 3.48. The standard InChI is InChI=1S/C24H24Cl2N6O3S/c1-16-12-22(21(26)13-20(16)25)36(33,34)31-9-3-8-30(10-11-31)23-19(14-27-24-28-15-29-32(23)24)17-4-6-18(35-2)7-5-17/h4-7,12-15H,3,8-11H2,1-2H3. The largest absolute Gasteiger partial charge is 0.497 e. The van der Waals surface area contributed by atoms with Gasteiger partial charge in [0, 0.05) is 43.0 Å². The maximum absolute atomic E-state index is 13.5. The molecule has 2 aromatic heterocycles. The zero-order chi connectivity index (χ0) is 25.4. The third-order valence-corrected chi connectivity index (χ3v) is 9.04. The van der Waals surface area contributed by atoms with E-state index in [2.05, 4.69) is 20.0 Å². The molecule has 1 aliphatic rings. The van der Waals surface area contributed by atoms with Gasteiger partial charge in [-0.1, -0.05) is 35.3 Å². The minimum Gasteiger partial charge on any atom is -0.497 e. The lowest BCUT2D eigenvalue weighted by Crippen LogP contribution is -2.36. The van der Waals surface area contributed by atoms with Crippen LogP contribution >= 0.6 is 23.2 Å². The lowest BCUT2D eigenvalue weighted by atomic mass is 10.1. The summed E-state index contributed by atoms with van der Waals surface area (Å²) < 4.78 is 35.5. The molecule has 0 unspecified atom stereocenters. The van der Waals surface area contributed by atoms with E-state index in [-0.39, 0.29) is 16.5 Å². The van der Waals surface area contributed by atoms with Gasteiger partial charge in [-0.15, -0.1) is 0 Å².